The fourth-order valence-electron chi connectivity index (χ4n) is 3.18. The van der Waals surface area contributed by atoms with Crippen LogP contribution in [0.3, 0.4) is 0 Å². The molecule has 2 rings (SSSR count). The molecule has 0 unspecified atom stereocenters. The second-order valence-electron chi connectivity index (χ2n) is 5.51. The van der Waals surface area contributed by atoms with Gasteiger partial charge in [-0.2, -0.15) is 0 Å². The van der Waals surface area contributed by atoms with Crippen LogP contribution in [0.25, 0.3) is 0 Å². The maximum atomic E-state index is 11.0. The Morgan fingerprint density at radius 3 is 2.22 bits per heavy atom. The summed E-state index contributed by atoms with van der Waals surface area (Å²) in [7, 11) is 0. The van der Waals surface area contributed by atoms with E-state index in [4.69, 9.17) is 0 Å². The van der Waals surface area contributed by atoms with Crippen LogP contribution in [-0.4, -0.2) is 44.0 Å². The van der Waals surface area contributed by atoms with Crippen LogP contribution in [0.5, 0.6) is 0 Å². The lowest BCUT2D eigenvalue weighted by Crippen LogP contribution is -2.48. The van der Waals surface area contributed by atoms with E-state index in [1.165, 1.54) is 51.9 Å². The van der Waals surface area contributed by atoms with E-state index in [2.05, 4.69) is 30.9 Å². The first-order valence-electron chi connectivity index (χ1n) is 6.98. The molecule has 1 saturated carbocycles. The third-order valence-corrected chi connectivity index (χ3v) is 5.85. The highest BCUT2D eigenvalue weighted by Gasteiger charge is 2.27. The average Bonchev–Trinajstić information content (AvgIpc) is 2.38. The highest BCUT2D eigenvalue weighted by atomic mass is 127. The number of hydrogen-bond donors (Lipinski definition) is 0. The van der Waals surface area contributed by atoms with Gasteiger partial charge in [0.15, 0.2) is 3.79 Å². The first kappa shape index (κ1) is 15.4. The van der Waals surface area contributed by atoms with Crippen LogP contribution < -0.4 is 0 Å². The lowest BCUT2D eigenvalue weighted by molar-refractivity contribution is -0.109. The molecule has 0 aromatic rings. The van der Waals surface area contributed by atoms with Crippen LogP contribution in [0.15, 0.2) is 0 Å². The molecule has 0 aromatic carbocycles. The van der Waals surface area contributed by atoms with E-state index in [1.807, 2.05) is 22.6 Å². The predicted octanol–water partition coefficient (Wildman–Crippen LogP) is 3.25. The van der Waals surface area contributed by atoms with Crippen molar-refractivity contribution in [1.29, 1.82) is 0 Å². The van der Waals surface area contributed by atoms with Gasteiger partial charge in [0.2, 0.25) is 0 Å². The van der Waals surface area contributed by atoms with E-state index >= 15 is 0 Å². The van der Waals surface area contributed by atoms with Gasteiger partial charge in [0.25, 0.3) is 0 Å². The number of halogens is 2. The van der Waals surface area contributed by atoms with Crippen LogP contribution in [0.2, 0.25) is 0 Å². The van der Waals surface area contributed by atoms with Crippen LogP contribution in [0, 0.1) is 5.92 Å². The lowest BCUT2D eigenvalue weighted by atomic mass is 9.83. The van der Waals surface area contributed by atoms with Crippen molar-refractivity contribution in [3.05, 3.63) is 0 Å². The molecule has 0 bridgehead atoms. The minimum Gasteiger partial charge on any atom is -0.298 e. The first-order chi connectivity index (χ1) is 8.65. The van der Waals surface area contributed by atoms with Gasteiger partial charge in [-0.1, -0.05) is 0 Å². The van der Waals surface area contributed by atoms with E-state index < -0.39 is 0 Å². The van der Waals surface area contributed by atoms with Gasteiger partial charge >= 0.3 is 0 Å². The molecule has 5 heteroatoms. The third-order valence-electron chi connectivity index (χ3n) is 4.34. The molecule has 0 spiro atoms. The highest BCUT2D eigenvalue weighted by molar-refractivity contribution is 14.1. The Hall–Kier alpha value is 1.05. The Bertz CT molecular complexity index is 272. The SMILES string of the molecule is O=C(I)CCC1CCC(N2CCN(I)CC2)CC1. The summed E-state index contributed by atoms with van der Waals surface area (Å²) in [5.41, 5.74) is 0. The zero-order valence-electron chi connectivity index (χ0n) is 10.8. The van der Waals surface area contributed by atoms with E-state index in [-0.39, 0.29) is 0 Å². The summed E-state index contributed by atoms with van der Waals surface area (Å²) >= 11 is 4.36. The van der Waals surface area contributed by atoms with Crippen LogP contribution in [0.1, 0.15) is 38.5 Å². The lowest BCUT2D eigenvalue weighted by Gasteiger charge is -2.40. The molecule has 0 radical (unpaired) electrons. The molecule has 1 aliphatic heterocycles. The minimum atomic E-state index is 0.327. The molecule has 0 atom stereocenters. The van der Waals surface area contributed by atoms with Crippen molar-refractivity contribution in [2.24, 2.45) is 5.92 Å². The Balaban J connectivity index is 1.68. The van der Waals surface area contributed by atoms with Gasteiger partial charge in [-0.15, -0.1) is 0 Å². The zero-order chi connectivity index (χ0) is 13.0. The van der Waals surface area contributed by atoms with E-state index in [9.17, 15) is 4.79 Å². The summed E-state index contributed by atoms with van der Waals surface area (Å²) in [6, 6.07) is 0.821. The zero-order valence-corrected chi connectivity index (χ0v) is 15.1. The molecule has 0 amide bonds. The minimum absolute atomic E-state index is 0.327. The second-order valence-corrected chi connectivity index (χ2v) is 8.08. The standard InChI is InChI=1S/C13H22I2N2O/c14-13(18)6-3-11-1-4-12(5-2-11)16-7-9-17(15)10-8-16/h11-12H,1-10H2. The van der Waals surface area contributed by atoms with Crippen LogP contribution in [-0.2, 0) is 4.79 Å². The van der Waals surface area contributed by atoms with Crippen molar-refractivity contribution in [2.45, 2.75) is 44.6 Å². The van der Waals surface area contributed by atoms with Gasteiger partial charge in [-0.3, -0.25) is 9.69 Å². The van der Waals surface area contributed by atoms with Gasteiger partial charge in [-0.05, 0) is 60.6 Å². The molecule has 3 nitrogen and oxygen atoms in total. The average molecular weight is 476 g/mol. The molecule has 2 fully saturated rings. The summed E-state index contributed by atoms with van der Waals surface area (Å²) in [5, 5.41) is 0. The summed E-state index contributed by atoms with van der Waals surface area (Å²) < 4.78 is 2.72. The predicted molar refractivity (Wildman–Crippen MR) is 91.2 cm³/mol. The molecule has 104 valence electrons. The van der Waals surface area contributed by atoms with Crippen LogP contribution in [0.4, 0.5) is 0 Å². The first-order valence-corrected chi connectivity index (χ1v) is 9.02. The van der Waals surface area contributed by atoms with E-state index in [1.54, 1.807) is 0 Å². The second kappa shape index (κ2) is 7.73. The van der Waals surface area contributed by atoms with Crippen molar-refractivity contribution in [2.75, 3.05) is 26.2 Å². The van der Waals surface area contributed by atoms with Gasteiger partial charge in [-0.25, -0.2) is 3.11 Å². The quantitative estimate of drug-likeness (QED) is 0.354. The molecule has 18 heavy (non-hydrogen) atoms. The number of nitrogens with zero attached hydrogens (tertiary/aromatic N) is 2. The maximum Gasteiger partial charge on any atom is 0.192 e. The number of hydrogen-bond acceptors (Lipinski definition) is 3. The Morgan fingerprint density at radius 1 is 1.06 bits per heavy atom. The van der Waals surface area contributed by atoms with E-state index in [0.717, 1.165) is 24.8 Å². The van der Waals surface area contributed by atoms with Crippen molar-refractivity contribution in [1.82, 2.24) is 8.01 Å². The monoisotopic (exact) mass is 476 g/mol. The van der Waals surface area contributed by atoms with Crippen molar-refractivity contribution in [3.63, 3.8) is 0 Å². The van der Waals surface area contributed by atoms with Gasteiger partial charge in [0.1, 0.15) is 0 Å². The molecule has 0 aromatic heterocycles. The Labute approximate surface area is 138 Å². The number of piperazine rings is 1. The van der Waals surface area contributed by atoms with Crippen molar-refractivity contribution < 1.29 is 4.79 Å². The molecule has 1 saturated heterocycles. The van der Waals surface area contributed by atoms with Crippen molar-refractivity contribution >= 4 is 49.2 Å². The molecular weight excluding hydrogens is 454 g/mol. The summed E-state index contributed by atoms with van der Waals surface area (Å²) in [4.78, 5) is 13.7. The molecule has 1 aliphatic carbocycles. The largest absolute Gasteiger partial charge is 0.298 e. The smallest absolute Gasteiger partial charge is 0.192 e. The third kappa shape index (κ3) is 4.86. The van der Waals surface area contributed by atoms with Gasteiger partial charge in [0.05, 0.1) is 0 Å². The van der Waals surface area contributed by atoms with Crippen molar-refractivity contribution in [3.8, 4) is 0 Å². The fraction of sp³-hybridized carbons (Fsp3) is 0.923. The number of rotatable bonds is 4. The Morgan fingerprint density at radius 2 is 1.67 bits per heavy atom. The van der Waals surface area contributed by atoms with Gasteiger partial charge in [0, 0.05) is 61.5 Å². The highest BCUT2D eigenvalue weighted by Crippen LogP contribution is 2.31. The topological polar surface area (TPSA) is 23.6 Å². The van der Waals surface area contributed by atoms with E-state index in [0.29, 0.717) is 3.79 Å². The summed E-state index contributed by atoms with van der Waals surface area (Å²) in [5.74, 6) is 0.811. The Kier molecular flexibility index (Phi) is 6.63. The molecular formula is C13H22I2N2O. The molecule has 1 heterocycles. The molecule has 2 aliphatic rings. The summed E-state index contributed by atoms with van der Waals surface area (Å²) in [6.07, 6.45) is 7.26. The molecule has 0 N–H and O–H groups in total. The van der Waals surface area contributed by atoms with Crippen LogP contribution >= 0.6 is 45.5 Å². The van der Waals surface area contributed by atoms with Gasteiger partial charge < -0.3 is 0 Å². The normalized spacial score (nSPS) is 31.4. The maximum absolute atomic E-state index is 11.0. The summed E-state index contributed by atoms with van der Waals surface area (Å²) in [6.45, 7) is 4.91. The number of carbonyl (C=O) groups excluding carboxylic acids is 1. The fourth-order valence-corrected chi connectivity index (χ4v) is 3.92. The number of carbonyl (C=O) groups is 1.